The summed E-state index contributed by atoms with van der Waals surface area (Å²) in [4.78, 5) is 12.6. The van der Waals surface area contributed by atoms with E-state index in [1.807, 2.05) is 18.2 Å². The standard InChI is InChI=1S/C14H22N2O3/c1-19-12-11-16(10-8-15-14(17)18)9-7-13-5-3-2-4-6-13/h2-6,15H,7-12H2,1H3,(H,17,18). The van der Waals surface area contributed by atoms with Gasteiger partial charge in [0.05, 0.1) is 6.61 Å². The predicted molar refractivity (Wildman–Crippen MR) is 74.5 cm³/mol. The van der Waals surface area contributed by atoms with Crippen molar-refractivity contribution in [2.45, 2.75) is 6.42 Å². The molecule has 0 fully saturated rings. The smallest absolute Gasteiger partial charge is 0.404 e. The lowest BCUT2D eigenvalue weighted by Crippen LogP contribution is -2.37. The minimum Gasteiger partial charge on any atom is -0.465 e. The molecule has 0 bridgehead atoms. The summed E-state index contributed by atoms with van der Waals surface area (Å²) in [5.74, 6) is 0. The molecule has 0 atom stereocenters. The second-order valence-corrected chi connectivity index (χ2v) is 4.30. The summed E-state index contributed by atoms with van der Waals surface area (Å²) in [7, 11) is 1.67. The number of amides is 1. The molecule has 0 saturated carbocycles. The number of nitrogens with one attached hydrogen (secondary N) is 1. The van der Waals surface area contributed by atoms with Crippen LogP contribution < -0.4 is 5.32 Å². The van der Waals surface area contributed by atoms with Crippen LogP contribution in [0.25, 0.3) is 0 Å². The normalized spacial score (nSPS) is 10.6. The number of hydrogen-bond donors (Lipinski definition) is 2. The molecular weight excluding hydrogens is 244 g/mol. The average molecular weight is 266 g/mol. The summed E-state index contributed by atoms with van der Waals surface area (Å²) in [6, 6.07) is 10.3. The van der Waals surface area contributed by atoms with Crippen molar-refractivity contribution in [2.75, 3.05) is 39.9 Å². The molecule has 0 radical (unpaired) electrons. The van der Waals surface area contributed by atoms with Gasteiger partial charge in [0, 0.05) is 33.3 Å². The van der Waals surface area contributed by atoms with Gasteiger partial charge in [-0.2, -0.15) is 0 Å². The lowest BCUT2D eigenvalue weighted by atomic mass is 10.1. The van der Waals surface area contributed by atoms with E-state index < -0.39 is 6.09 Å². The quantitative estimate of drug-likeness (QED) is 0.710. The molecule has 0 aliphatic heterocycles. The van der Waals surface area contributed by atoms with Gasteiger partial charge < -0.3 is 15.2 Å². The first-order valence-corrected chi connectivity index (χ1v) is 6.44. The van der Waals surface area contributed by atoms with Gasteiger partial charge in [0.15, 0.2) is 0 Å². The first-order chi connectivity index (χ1) is 9.22. The van der Waals surface area contributed by atoms with E-state index >= 15 is 0 Å². The molecule has 0 unspecified atom stereocenters. The summed E-state index contributed by atoms with van der Waals surface area (Å²) < 4.78 is 5.07. The van der Waals surface area contributed by atoms with Crippen LogP contribution in [0.2, 0.25) is 0 Å². The minimum absolute atomic E-state index is 0.438. The number of nitrogens with zero attached hydrogens (tertiary/aromatic N) is 1. The molecule has 5 heteroatoms. The molecule has 0 aromatic heterocycles. The van der Waals surface area contributed by atoms with Gasteiger partial charge in [0.25, 0.3) is 0 Å². The molecule has 1 rings (SSSR count). The van der Waals surface area contributed by atoms with Gasteiger partial charge in [0.2, 0.25) is 0 Å². The van der Waals surface area contributed by atoms with Crippen LogP contribution in [0.1, 0.15) is 5.56 Å². The Morgan fingerprint density at radius 1 is 1.26 bits per heavy atom. The van der Waals surface area contributed by atoms with Gasteiger partial charge in [-0.1, -0.05) is 30.3 Å². The third-order valence-corrected chi connectivity index (χ3v) is 2.88. The van der Waals surface area contributed by atoms with Gasteiger partial charge in [-0.25, -0.2) is 4.79 Å². The van der Waals surface area contributed by atoms with Gasteiger partial charge in [-0.15, -0.1) is 0 Å². The van der Waals surface area contributed by atoms with Crippen LogP contribution in [0.4, 0.5) is 4.79 Å². The average Bonchev–Trinajstić information content (AvgIpc) is 2.42. The largest absolute Gasteiger partial charge is 0.465 e. The molecule has 19 heavy (non-hydrogen) atoms. The number of rotatable bonds is 9. The van der Waals surface area contributed by atoms with Crippen molar-refractivity contribution in [1.82, 2.24) is 10.2 Å². The zero-order valence-corrected chi connectivity index (χ0v) is 11.3. The zero-order chi connectivity index (χ0) is 13.9. The highest BCUT2D eigenvalue weighted by molar-refractivity contribution is 5.64. The van der Waals surface area contributed by atoms with Crippen molar-refractivity contribution >= 4 is 6.09 Å². The maximum atomic E-state index is 10.4. The van der Waals surface area contributed by atoms with Crippen molar-refractivity contribution in [3.05, 3.63) is 35.9 Å². The molecule has 106 valence electrons. The Hall–Kier alpha value is -1.59. The predicted octanol–water partition coefficient (Wildman–Crippen LogP) is 1.45. The van der Waals surface area contributed by atoms with Crippen LogP contribution in [0.15, 0.2) is 30.3 Å². The highest BCUT2D eigenvalue weighted by atomic mass is 16.5. The van der Waals surface area contributed by atoms with E-state index in [1.165, 1.54) is 5.56 Å². The van der Waals surface area contributed by atoms with Gasteiger partial charge >= 0.3 is 6.09 Å². The molecular formula is C14H22N2O3. The molecule has 0 heterocycles. The second kappa shape index (κ2) is 9.35. The first kappa shape index (κ1) is 15.5. The lowest BCUT2D eigenvalue weighted by Gasteiger charge is -2.21. The number of methoxy groups -OCH3 is 1. The molecule has 0 aliphatic carbocycles. The fourth-order valence-electron chi connectivity index (χ4n) is 1.81. The Kier molecular flexibility index (Phi) is 7.62. The van der Waals surface area contributed by atoms with Crippen LogP contribution in [0, 0.1) is 0 Å². The summed E-state index contributed by atoms with van der Waals surface area (Å²) in [6.07, 6.45) is -0.0211. The summed E-state index contributed by atoms with van der Waals surface area (Å²) >= 11 is 0. The third kappa shape index (κ3) is 7.43. The van der Waals surface area contributed by atoms with Crippen molar-refractivity contribution in [3.63, 3.8) is 0 Å². The van der Waals surface area contributed by atoms with Crippen molar-refractivity contribution < 1.29 is 14.6 Å². The molecule has 2 N–H and O–H groups in total. The maximum absolute atomic E-state index is 10.4. The van der Waals surface area contributed by atoms with Crippen LogP contribution >= 0.6 is 0 Å². The topological polar surface area (TPSA) is 61.8 Å². The number of benzene rings is 1. The highest BCUT2D eigenvalue weighted by Gasteiger charge is 2.05. The first-order valence-electron chi connectivity index (χ1n) is 6.44. The number of ether oxygens (including phenoxy) is 1. The Labute approximate surface area is 114 Å². The van der Waals surface area contributed by atoms with E-state index in [-0.39, 0.29) is 0 Å². The number of carboxylic acid groups (broad SMARTS) is 1. The molecule has 1 aromatic carbocycles. The molecule has 5 nitrogen and oxygen atoms in total. The molecule has 1 aromatic rings. The van der Waals surface area contributed by atoms with E-state index in [2.05, 4.69) is 22.3 Å². The van der Waals surface area contributed by atoms with Gasteiger partial charge in [0.1, 0.15) is 0 Å². The Morgan fingerprint density at radius 3 is 2.63 bits per heavy atom. The maximum Gasteiger partial charge on any atom is 0.404 e. The fourth-order valence-corrected chi connectivity index (χ4v) is 1.81. The van der Waals surface area contributed by atoms with Gasteiger partial charge in [-0.05, 0) is 12.0 Å². The van der Waals surface area contributed by atoms with Gasteiger partial charge in [-0.3, -0.25) is 4.90 Å². The zero-order valence-electron chi connectivity index (χ0n) is 11.3. The van der Waals surface area contributed by atoms with Crippen LogP contribution in [-0.4, -0.2) is 56.0 Å². The van der Waals surface area contributed by atoms with Crippen LogP contribution in [-0.2, 0) is 11.2 Å². The molecule has 0 aliphatic rings. The molecule has 0 saturated heterocycles. The summed E-state index contributed by atoms with van der Waals surface area (Å²) in [5, 5.41) is 10.9. The Balaban J connectivity index is 2.33. The second-order valence-electron chi connectivity index (χ2n) is 4.30. The minimum atomic E-state index is -0.977. The summed E-state index contributed by atoms with van der Waals surface area (Å²) in [5.41, 5.74) is 1.29. The van der Waals surface area contributed by atoms with Crippen molar-refractivity contribution in [3.8, 4) is 0 Å². The van der Waals surface area contributed by atoms with E-state index in [4.69, 9.17) is 9.84 Å². The lowest BCUT2D eigenvalue weighted by molar-refractivity contribution is 0.147. The number of hydrogen-bond acceptors (Lipinski definition) is 3. The number of carbonyl (C=O) groups is 1. The van der Waals surface area contributed by atoms with Crippen LogP contribution in [0.5, 0.6) is 0 Å². The Morgan fingerprint density at radius 2 is 2.00 bits per heavy atom. The van der Waals surface area contributed by atoms with E-state index in [0.717, 1.165) is 19.5 Å². The van der Waals surface area contributed by atoms with Crippen molar-refractivity contribution in [1.29, 1.82) is 0 Å². The van der Waals surface area contributed by atoms with E-state index in [0.29, 0.717) is 19.7 Å². The van der Waals surface area contributed by atoms with E-state index in [9.17, 15) is 4.79 Å². The third-order valence-electron chi connectivity index (χ3n) is 2.88. The van der Waals surface area contributed by atoms with Crippen LogP contribution in [0.3, 0.4) is 0 Å². The molecule has 0 spiro atoms. The van der Waals surface area contributed by atoms with Crippen molar-refractivity contribution in [2.24, 2.45) is 0 Å². The SMILES string of the molecule is COCCN(CCNC(=O)O)CCc1ccccc1. The molecule has 1 amide bonds. The highest BCUT2D eigenvalue weighted by Crippen LogP contribution is 2.01. The summed E-state index contributed by atoms with van der Waals surface area (Å²) in [6.45, 7) is 3.50. The monoisotopic (exact) mass is 266 g/mol. The van der Waals surface area contributed by atoms with E-state index in [1.54, 1.807) is 7.11 Å². The fraction of sp³-hybridized carbons (Fsp3) is 0.500. The Bertz CT molecular complexity index is 357.